The van der Waals surface area contributed by atoms with E-state index in [4.69, 9.17) is 4.74 Å². The molecule has 6 heteroatoms. The maximum atomic E-state index is 13.0. The summed E-state index contributed by atoms with van der Waals surface area (Å²) in [5.41, 5.74) is 1.69. The number of esters is 1. The predicted octanol–water partition coefficient (Wildman–Crippen LogP) is 3.96. The van der Waals surface area contributed by atoms with Crippen molar-refractivity contribution in [3.05, 3.63) is 87.5 Å². The van der Waals surface area contributed by atoms with Crippen LogP contribution >= 0.6 is 11.3 Å². The molecule has 0 atom stereocenters. The Kier molecular flexibility index (Phi) is 4.56. The maximum Gasteiger partial charge on any atom is 0.338 e. The van der Waals surface area contributed by atoms with Crippen LogP contribution in [0.25, 0.3) is 21.3 Å². The van der Waals surface area contributed by atoms with E-state index in [0.717, 1.165) is 16.0 Å². The summed E-state index contributed by atoms with van der Waals surface area (Å²) in [6, 6.07) is 18.5. The van der Waals surface area contributed by atoms with Crippen molar-refractivity contribution in [2.24, 2.45) is 0 Å². The summed E-state index contributed by atoms with van der Waals surface area (Å²) in [5, 5.41) is 8.03. The van der Waals surface area contributed by atoms with E-state index in [1.165, 1.54) is 11.8 Å². The molecule has 4 aromatic rings. The molecule has 2 aromatic carbocycles. The molecule has 0 aliphatic heterocycles. The monoisotopic (exact) mass is 376 g/mol. The summed E-state index contributed by atoms with van der Waals surface area (Å²) in [5.74, 6) is -0.432. The summed E-state index contributed by atoms with van der Waals surface area (Å²) in [7, 11) is 1.34. The smallest absolute Gasteiger partial charge is 0.338 e. The molecule has 0 aliphatic carbocycles. The number of ether oxygens (including phenoxy) is 1. The first-order valence-electron chi connectivity index (χ1n) is 8.39. The first-order chi connectivity index (χ1) is 13.2. The molecule has 0 unspecified atom stereocenters. The average molecular weight is 376 g/mol. The van der Waals surface area contributed by atoms with Crippen molar-refractivity contribution in [3.63, 3.8) is 0 Å². The van der Waals surface area contributed by atoms with Gasteiger partial charge in [-0.2, -0.15) is 5.10 Å². The minimum absolute atomic E-state index is 0.188. The normalized spacial score (nSPS) is 10.9. The Bertz CT molecular complexity index is 1180. The molecule has 134 valence electrons. The van der Waals surface area contributed by atoms with Gasteiger partial charge < -0.3 is 4.74 Å². The second-order valence-corrected chi connectivity index (χ2v) is 6.93. The Morgan fingerprint density at radius 1 is 1.04 bits per heavy atom. The minimum Gasteiger partial charge on any atom is -0.465 e. The molecule has 4 rings (SSSR count). The van der Waals surface area contributed by atoms with Gasteiger partial charge in [-0.3, -0.25) is 4.79 Å². The van der Waals surface area contributed by atoms with Crippen LogP contribution in [0.2, 0.25) is 0 Å². The minimum atomic E-state index is -0.432. The van der Waals surface area contributed by atoms with Gasteiger partial charge in [0.15, 0.2) is 0 Å². The van der Waals surface area contributed by atoms with Crippen molar-refractivity contribution in [1.82, 2.24) is 9.78 Å². The van der Waals surface area contributed by atoms with Crippen LogP contribution < -0.4 is 5.56 Å². The van der Waals surface area contributed by atoms with Gasteiger partial charge in [0.05, 0.1) is 29.5 Å². The fourth-order valence-corrected chi connectivity index (χ4v) is 3.79. The molecule has 0 spiro atoms. The van der Waals surface area contributed by atoms with Gasteiger partial charge in [0.25, 0.3) is 5.56 Å². The van der Waals surface area contributed by atoms with Gasteiger partial charge in [0.2, 0.25) is 0 Å². The van der Waals surface area contributed by atoms with E-state index in [-0.39, 0.29) is 12.1 Å². The fourth-order valence-electron chi connectivity index (χ4n) is 3.07. The van der Waals surface area contributed by atoms with E-state index in [1.54, 1.807) is 35.6 Å². The molecule has 0 amide bonds. The summed E-state index contributed by atoms with van der Waals surface area (Å²) in [6.45, 7) is 0.188. The Morgan fingerprint density at radius 3 is 2.52 bits per heavy atom. The lowest BCUT2D eigenvalue weighted by molar-refractivity contribution is 0.0599. The molecule has 27 heavy (non-hydrogen) atoms. The third-order valence-electron chi connectivity index (χ3n) is 4.37. The molecule has 0 bridgehead atoms. The molecule has 0 fully saturated rings. The molecular formula is C21H16N2O3S. The number of benzene rings is 2. The van der Waals surface area contributed by atoms with Crippen molar-refractivity contribution in [2.45, 2.75) is 6.54 Å². The summed E-state index contributed by atoms with van der Waals surface area (Å²) < 4.78 is 6.27. The van der Waals surface area contributed by atoms with Crippen molar-refractivity contribution < 1.29 is 9.53 Å². The highest BCUT2D eigenvalue weighted by molar-refractivity contribution is 7.13. The quantitative estimate of drug-likeness (QED) is 0.506. The largest absolute Gasteiger partial charge is 0.465 e. The molecule has 0 saturated carbocycles. The Balaban J connectivity index is 1.90. The zero-order valence-electron chi connectivity index (χ0n) is 14.6. The van der Waals surface area contributed by atoms with E-state index in [2.05, 4.69) is 5.10 Å². The fraction of sp³-hybridized carbons (Fsp3) is 0.0952. The lowest BCUT2D eigenvalue weighted by atomic mass is 10.1. The highest BCUT2D eigenvalue weighted by Crippen LogP contribution is 2.28. The summed E-state index contributed by atoms with van der Waals surface area (Å²) >= 11 is 1.57. The van der Waals surface area contributed by atoms with Crippen LogP contribution in [0.5, 0.6) is 0 Å². The molecular weight excluding hydrogens is 360 g/mol. The highest BCUT2D eigenvalue weighted by Gasteiger charge is 2.16. The number of hydrogen-bond donors (Lipinski definition) is 0. The predicted molar refractivity (Wildman–Crippen MR) is 106 cm³/mol. The summed E-state index contributed by atoms with van der Waals surface area (Å²) in [6.07, 6.45) is 0. The van der Waals surface area contributed by atoms with Crippen molar-refractivity contribution in [2.75, 3.05) is 7.11 Å². The molecule has 0 aliphatic rings. The van der Waals surface area contributed by atoms with E-state index in [1.807, 2.05) is 41.8 Å². The summed E-state index contributed by atoms with van der Waals surface area (Å²) in [4.78, 5) is 26.0. The lowest BCUT2D eigenvalue weighted by Gasteiger charge is -2.12. The third kappa shape index (κ3) is 3.15. The van der Waals surface area contributed by atoms with Crippen LogP contribution in [0, 0.1) is 0 Å². The first kappa shape index (κ1) is 17.2. The number of methoxy groups -OCH3 is 1. The van der Waals surface area contributed by atoms with Gasteiger partial charge in [0, 0.05) is 5.39 Å². The zero-order valence-corrected chi connectivity index (χ0v) is 15.4. The number of rotatable bonds is 4. The second-order valence-electron chi connectivity index (χ2n) is 5.98. The van der Waals surface area contributed by atoms with Gasteiger partial charge in [-0.15, -0.1) is 11.3 Å². The van der Waals surface area contributed by atoms with Crippen molar-refractivity contribution >= 4 is 28.1 Å². The van der Waals surface area contributed by atoms with Crippen LogP contribution in [-0.4, -0.2) is 22.9 Å². The van der Waals surface area contributed by atoms with Gasteiger partial charge in [-0.1, -0.05) is 42.5 Å². The lowest BCUT2D eigenvalue weighted by Crippen LogP contribution is -2.25. The van der Waals surface area contributed by atoms with Crippen molar-refractivity contribution in [1.29, 1.82) is 0 Å². The molecule has 0 N–H and O–H groups in total. The molecule has 0 saturated heterocycles. The Hall–Kier alpha value is -3.25. The highest BCUT2D eigenvalue weighted by atomic mass is 32.1. The molecule has 2 aromatic heterocycles. The molecule has 0 radical (unpaired) electrons. The van der Waals surface area contributed by atoms with Gasteiger partial charge in [0.1, 0.15) is 5.69 Å². The standard InChI is InChI=1S/C21H16N2O3S/c1-26-21(25)15-8-3-2-7-14(15)13-23-20(24)17-10-5-4-9-16(17)19(22-23)18-11-6-12-27-18/h2-12H,13H2,1H3. The first-order valence-corrected chi connectivity index (χ1v) is 9.27. The van der Waals surface area contributed by atoms with Crippen LogP contribution in [0.1, 0.15) is 15.9 Å². The van der Waals surface area contributed by atoms with Gasteiger partial charge in [-0.05, 0) is 29.1 Å². The Morgan fingerprint density at radius 2 is 1.78 bits per heavy atom. The van der Waals surface area contributed by atoms with Crippen LogP contribution in [0.15, 0.2) is 70.8 Å². The van der Waals surface area contributed by atoms with Crippen LogP contribution in [0.4, 0.5) is 0 Å². The van der Waals surface area contributed by atoms with Crippen LogP contribution in [-0.2, 0) is 11.3 Å². The van der Waals surface area contributed by atoms with Gasteiger partial charge >= 0.3 is 5.97 Å². The topological polar surface area (TPSA) is 61.2 Å². The van der Waals surface area contributed by atoms with Gasteiger partial charge in [-0.25, -0.2) is 9.48 Å². The zero-order chi connectivity index (χ0) is 18.8. The third-order valence-corrected chi connectivity index (χ3v) is 5.24. The van der Waals surface area contributed by atoms with E-state index in [9.17, 15) is 9.59 Å². The second kappa shape index (κ2) is 7.17. The molecule has 5 nitrogen and oxygen atoms in total. The number of nitrogens with zero attached hydrogens (tertiary/aromatic N) is 2. The van der Waals surface area contributed by atoms with E-state index in [0.29, 0.717) is 16.5 Å². The SMILES string of the molecule is COC(=O)c1ccccc1Cn1nc(-c2cccs2)c2ccccc2c1=O. The number of aromatic nitrogens is 2. The molecule has 2 heterocycles. The number of carbonyl (C=O) groups is 1. The Labute approximate surface area is 159 Å². The average Bonchev–Trinajstić information content (AvgIpc) is 3.24. The number of thiophene rings is 1. The van der Waals surface area contributed by atoms with E-state index >= 15 is 0 Å². The number of carbonyl (C=O) groups excluding carboxylic acids is 1. The maximum absolute atomic E-state index is 13.0. The number of hydrogen-bond acceptors (Lipinski definition) is 5. The number of fused-ring (bicyclic) bond motifs is 1. The van der Waals surface area contributed by atoms with E-state index < -0.39 is 5.97 Å². The van der Waals surface area contributed by atoms with Crippen molar-refractivity contribution in [3.8, 4) is 10.6 Å². The van der Waals surface area contributed by atoms with Crippen LogP contribution in [0.3, 0.4) is 0 Å².